The lowest BCUT2D eigenvalue weighted by molar-refractivity contribution is 0.0526. The van der Waals surface area contributed by atoms with E-state index in [0.29, 0.717) is 12.2 Å². The summed E-state index contributed by atoms with van der Waals surface area (Å²) >= 11 is 3.24. The van der Waals surface area contributed by atoms with Crippen LogP contribution in [0.5, 0.6) is 0 Å². The van der Waals surface area contributed by atoms with Crippen LogP contribution in [-0.4, -0.2) is 17.1 Å². The van der Waals surface area contributed by atoms with Gasteiger partial charge in [-0.05, 0) is 67.0 Å². The van der Waals surface area contributed by atoms with E-state index >= 15 is 0 Å². The summed E-state index contributed by atoms with van der Waals surface area (Å²) in [7, 11) is 0. The zero-order valence-electron chi connectivity index (χ0n) is 21.2. The van der Waals surface area contributed by atoms with Crippen molar-refractivity contribution < 1.29 is 9.53 Å². The highest BCUT2D eigenvalue weighted by molar-refractivity contribution is 7.16. The summed E-state index contributed by atoms with van der Waals surface area (Å²) in [5.41, 5.74) is 7.40. The molecule has 1 aliphatic rings. The monoisotopic (exact) mass is 536 g/mol. The third-order valence-corrected chi connectivity index (χ3v) is 8.85. The Kier molecular flexibility index (Phi) is 7.08. The molecule has 0 aliphatic heterocycles. The molecule has 0 saturated heterocycles. The fourth-order valence-corrected chi connectivity index (χ4v) is 7.23. The van der Waals surface area contributed by atoms with E-state index in [1.165, 1.54) is 16.0 Å². The van der Waals surface area contributed by atoms with Crippen LogP contribution in [-0.2, 0) is 17.6 Å². The predicted molar refractivity (Wildman–Crippen MR) is 157 cm³/mol. The topological polar surface area (TPSA) is 43.6 Å². The summed E-state index contributed by atoms with van der Waals surface area (Å²) in [6.07, 6.45) is 4.17. The van der Waals surface area contributed by atoms with Gasteiger partial charge < -0.3 is 4.74 Å². The molecule has 3 aromatic carbocycles. The molecule has 0 saturated carbocycles. The van der Waals surface area contributed by atoms with E-state index in [1.54, 1.807) is 22.7 Å². The molecule has 4 nitrogen and oxygen atoms in total. The molecule has 0 atom stereocenters. The molecule has 2 aromatic heterocycles. The lowest BCUT2D eigenvalue weighted by Crippen LogP contribution is -2.14. The van der Waals surface area contributed by atoms with Crippen LogP contribution >= 0.6 is 22.7 Å². The number of hydrogen-bond acceptors (Lipinski definition) is 5. The van der Waals surface area contributed by atoms with Crippen molar-refractivity contribution in [3.05, 3.63) is 111 Å². The first-order valence-corrected chi connectivity index (χ1v) is 14.7. The maximum absolute atomic E-state index is 13.0. The minimum atomic E-state index is -0.259. The second-order valence-electron chi connectivity index (χ2n) is 9.24. The van der Waals surface area contributed by atoms with Gasteiger partial charge in [-0.15, -0.1) is 22.7 Å². The molecular formula is C32H28N2O2S2. The zero-order valence-corrected chi connectivity index (χ0v) is 22.9. The Morgan fingerprint density at radius 1 is 0.868 bits per heavy atom. The van der Waals surface area contributed by atoms with E-state index < -0.39 is 0 Å². The highest BCUT2D eigenvalue weighted by Gasteiger charge is 2.26. The van der Waals surface area contributed by atoms with E-state index in [9.17, 15) is 4.79 Å². The molecule has 6 heteroatoms. The van der Waals surface area contributed by atoms with Crippen LogP contribution in [0.15, 0.2) is 95.3 Å². The molecule has 1 aliphatic carbocycles. The number of aryl methyl sites for hydroxylation is 1. The van der Waals surface area contributed by atoms with Crippen LogP contribution in [0, 0.1) is 0 Å². The number of carbonyl (C=O) groups excluding carboxylic acids is 1. The Morgan fingerprint density at radius 3 is 2.26 bits per heavy atom. The molecule has 190 valence electrons. The molecule has 2 heterocycles. The van der Waals surface area contributed by atoms with Gasteiger partial charge in [0.15, 0.2) is 4.80 Å². The van der Waals surface area contributed by atoms with Crippen LogP contribution < -0.4 is 4.80 Å². The molecule has 38 heavy (non-hydrogen) atoms. The minimum Gasteiger partial charge on any atom is -0.462 e. The number of ether oxygens (including phenoxy) is 1. The molecular weight excluding hydrogens is 508 g/mol. The van der Waals surface area contributed by atoms with E-state index in [2.05, 4.69) is 70.6 Å². The van der Waals surface area contributed by atoms with Gasteiger partial charge >= 0.3 is 5.97 Å². The summed E-state index contributed by atoms with van der Waals surface area (Å²) in [4.78, 5) is 20.3. The van der Waals surface area contributed by atoms with Gasteiger partial charge in [0, 0.05) is 15.9 Å². The fourth-order valence-electron chi connectivity index (χ4n) is 5.01. The van der Waals surface area contributed by atoms with Gasteiger partial charge in [-0.25, -0.2) is 9.79 Å². The SMILES string of the molecule is CCOC(=O)c1c(/N=c2\scc(-c3ccc(-c4ccccc4)cc3)n2-c2ccccc2)sc2c1CCCC2. The molecule has 6 rings (SSSR count). The summed E-state index contributed by atoms with van der Waals surface area (Å²) < 4.78 is 7.66. The minimum absolute atomic E-state index is 0.259. The van der Waals surface area contributed by atoms with Crippen LogP contribution in [0.2, 0.25) is 0 Å². The highest BCUT2D eigenvalue weighted by atomic mass is 32.1. The first-order valence-electron chi connectivity index (χ1n) is 13.0. The maximum atomic E-state index is 13.0. The number of aromatic nitrogens is 1. The average molecular weight is 537 g/mol. The third kappa shape index (κ3) is 4.77. The van der Waals surface area contributed by atoms with Crippen LogP contribution in [0.25, 0.3) is 28.1 Å². The molecule has 0 N–H and O–H groups in total. The number of hydrogen-bond donors (Lipinski definition) is 0. The Bertz CT molecular complexity index is 1630. The van der Waals surface area contributed by atoms with E-state index in [4.69, 9.17) is 9.73 Å². The van der Waals surface area contributed by atoms with Crippen molar-refractivity contribution in [2.45, 2.75) is 32.6 Å². The second kappa shape index (κ2) is 10.9. The van der Waals surface area contributed by atoms with Gasteiger partial charge in [-0.2, -0.15) is 0 Å². The Hall–Kier alpha value is -3.74. The van der Waals surface area contributed by atoms with E-state index in [0.717, 1.165) is 58.0 Å². The molecule has 5 aromatic rings. The van der Waals surface area contributed by atoms with Gasteiger partial charge in [0.1, 0.15) is 5.00 Å². The van der Waals surface area contributed by atoms with Gasteiger partial charge in [0.2, 0.25) is 0 Å². The molecule has 0 amide bonds. The Morgan fingerprint density at radius 2 is 1.53 bits per heavy atom. The largest absolute Gasteiger partial charge is 0.462 e. The fraction of sp³-hybridized carbons (Fsp3) is 0.188. The standard InChI is InChI=1S/C32H28N2O2S2/c1-2-36-31(35)29-26-15-9-10-16-28(26)38-30(29)33-32-34(25-13-7-4-8-14-25)27(21-37-32)24-19-17-23(18-20-24)22-11-5-3-6-12-22/h3-8,11-14,17-21H,2,9-10,15-16H2,1H3/b33-32-. The van der Waals surface area contributed by atoms with Crippen molar-refractivity contribution in [1.29, 1.82) is 0 Å². The second-order valence-corrected chi connectivity index (χ2v) is 11.2. The Labute approximate surface area is 230 Å². The van der Waals surface area contributed by atoms with Crippen molar-refractivity contribution in [3.63, 3.8) is 0 Å². The highest BCUT2D eigenvalue weighted by Crippen LogP contribution is 2.40. The number of esters is 1. The first kappa shape index (κ1) is 24.6. The number of benzene rings is 3. The Balaban J connectivity index is 1.49. The zero-order chi connectivity index (χ0) is 25.9. The lowest BCUT2D eigenvalue weighted by atomic mass is 9.95. The number of fused-ring (bicyclic) bond motifs is 1. The number of para-hydroxylation sites is 1. The first-order chi connectivity index (χ1) is 18.7. The van der Waals surface area contributed by atoms with Gasteiger partial charge in [0.25, 0.3) is 0 Å². The van der Waals surface area contributed by atoms with E-state index in [-0.39, 0.29) is 5.97 Å². The van der Waals surface area contributed by atoms with Gasteiger partial charge in [-0.1, -0.05) is 72.8 Å². The summed E-state index contributed by atoms with van der Waals surface area (Å²) in [5.74, 6) is -0.259. The smallest absolute Gasteiger partial charge is 0.341 e. The van der Waals surface area contributed by atoms with Crippen LogP contribution in [0.3, 0.4) is 0 Å². The van der Waals surface area contributed by atoms with Crippen LogP contribution in [0.1, 0.15) is 40.6 Å². The lowest BCUT2D eigenvalue weighted by Gasteiger charge is -2.12. The average Bonchev–Trinajstić information content (AvgIpc) is 3.55. The third-order valence-electron chi connectivity index (χ3n) is 6.84. The van der Waals surface area contributed by atoms with Crippen molar-refractivity contribution in [2.24, 2.45) is 4.99 Å². The molecule has 0 radical (unpaired) electrons. The normalized spacial score (nSPS) is 13.3. The summed E-state index contributed by atoms with van der Waals surface area (Å²) in [5, 5.41) is 2.91. The van der Waals surface area contributed by atoms with Crippen molar-refractivity contribution in [1.82, 2.24) is 4.57 Å². The quantitative estimate of drug-likeness (QED) is 0.205. The molecule has 0 spiro atoms. The van der Waals surface area contributed by atoms with Crippen LogP contribution in [0.4, 0.5) is 5.00 Å². The number of carbonyl (C=O) groups is 1. The summed E-state index contributed by atoms with van der Waals surface area (Å²) in [6, 6.07) is 29.4. The number of rotatable bonds is 6. The predicted octanol–water partition coefficient (Wildman–Crippen LogP) is 8.22. The van der Waals surface area contributed by atoms with Gasteiger partial charge in [0.05, 0.1) is 17.9 Å². The van der Waals surface area contributed by atoms with Gasteiger partial charge in [-0.3, -0.25) is 4.57 Å². The number of nitrogens with zero attached hydrogens (tertiary/aromatic N) is 2. The molecule has 0 unspecified atom stereocenters. The maximum Gasteiger partial charge on any atom is 0.341 e. The van der Waals surface area contributed by atoms with Crippen molar-refractivity contribution in [2.75, 3.05) is 6.61 Å². The number of thiazole rings is 1. The van der Waals surface area contributed by atoms with Crippen molar-refractivity contribution in [3.8, 4) is 28.1 Å². The summed E-state index contributed by atoms with van der Waals surface area (Å²) in [6.45, 7) is 2.21. The molecule has 0 fully saturated rings. The molecule has 0 bridgehead atoms. The van der Waals surface area contributed by atoms with E-state index in [1.807, 2.05) is 31.2 Å². The number of thiophene rings is 1. The van der Waals surface area contributed by atoms with Crippen molar-refractivity contribution >= 4 is 33.6 Å².